The summed E-state index contributed by atoms with van der Waals surface area (Å²) in [6, 6.07) is 0.381. The Kier molecular flexibility index (Phi) is 4.71. The number of rotatable bonds is 2. The smallest absolute Gasteiger partial charge is 0.0509 e. The standard InChI is InChI=1S/C16H31NO/c1-16(2,3)14-8-6-12(7-9-14)15(17)13-5-4-10-18-11-13/h12-15H,4-11,17H2,1-3H3. The minimum Gasteiger partial charge on any atom is -0.381 e. The van der Waals surface area contributed by atoms with E-state index in [4.69, 9.17) is 10.5 Å². The molecule has 0 aromatic carbocycles. The van der Waals surface area contributed by atoms with Crippen LogP contribution < -0.4 is 5.73 Å². The maximum Gasteiger partial charge on any atom is 0.0509 e. The predicted octanol–water partition coefficient (Wildman–Crippen LogP) is 3.59. The molecule has 2 unspecified atom stereocenters. The Balaban J connectivity index is 1.81. The van der Waals surface area contributed by atoms with Crippen molar-refractivity contribution in [2.24, 2.45) is 28.9 Å². The van der Waals surface area contributed by atoms with E-state index in [1.807, 2.05) is 0 Å². The molecule has 2 heteroatoms. The fourth-order valence-electron chi connectivity index (χ4n) is 3.82. The Morgan fingerprint density at radius 2 is 1.67 bits per heavy atom. The highest BCUT2D eigenvalue weighted by Gasteiger charge is 2.34. The van der Waals surface area contributed by atoms with E-state index in [9.17, 15) is 0 Å². The third-order valence-corrected chi connectivity index (χ3v) is 5.28. The van der Waals surface area contributed by atoms with Gasteiger partial charge < -0.3 is 10.5 Å². The van der Waals surface area contributed by atoms with Crippen LogP contribution >= 0.6 is 0 Å². The first-order valence-electron chi connectivity index (χ1n) is 7.82. The molecule has 2 rings (SSSR count). The summed E-state index contributed by atoms with van der Waals surface area (Å²) in [7, 11) is 0. The molecule has 0 aromatic heterocycles. The van der Waals surface area contributed by atoms with Crippen LogP contribution in [0.3, 0.4) is 0 Å². The van der Waals surface area contributed by atoms with Gasteiger partial charge in [0.25, 0.3) is 0 Å². The van der Waals surface area contributed by atoms with Gasteiger partial charge in [0.1, 0.15) is 0 Å². The van der Waals surface area contributed by atoms with Crippen molar-refractivity contribution < 1.29 is 4.74 Å². The fourth-order valence-corrected chi connectivity index (χ4v) is 3.82. The predicted molar refractivity (Wildman–Crippen MR) is 76.4 cm³/mol. The van der Waals surface area contributed by atoms with E-state index in [1.54, 1.807) is 0 Å². The summed E-state index contributed by atoms with van der Waals surface area (Å²) >= 11 is 0. The van der Waals surface area contributed by atoms with E-state index in [1.165, 1.54) is 38.5 Å². The van der Waals surface area contributed by atoms with Crippen molar-refractivity contribution in [2.45, 2.75) is 65.3 Å². The van der Waals surface area contributed by atoms with Gasteiger partial charge in [-0.1, -0.05) is 20.8 Å². The molecular formula is C16H31NO. The van der Waals surface area contributed by atoms with Crippen LogP contribution in [-0.2, 0) is 4.74 Å². The van der Waals surface area contributed by atoms with Crippen LogP contribution in [0.1, 0.15) is 59.3 Å². The maximum atomic E-state index is 6.50. The second kappa shape index (κ2) is 5.92. The molecule has 0 spiro atoms. The van der Waals surface area contributed by atoms with E-state index in [0.29, 0.717) is 17.4 Å². The quantitative estimate of drug-likeness (QED) is 0.816. The normalized spacial score (nSPS) is 36.3. The SMILES string of the molecule is CC(C)(C)C1CCC(C(N)C2CCCOC2)CC1. The Morgan fingerprint density at radius 1 is 1.00 bits per heavy atom. The summed E-state index contributed by atoms with van der Waals surface area (Å²) in [6.07, 6.45) is 7.89. The molecule has 1 aliphatic carbocycles. The van der Waals surface area contributed by atoms with Crippen LogP contribution in [0.25, 0.3) is 0 Å². The first kappa shape index (κ1) is 14.3. The summed E-state index contributed by atoms with van der Waals surface area (Å²) in [5, 5.41) is 0. The van der Waals surface area contributed by atoms with E-state index < -0.39 is 0 Å². The Hall–Kier alpha value is -0.0800. The molecule has 0 radical (unpaired) electrons. The van der Waals surface area contributed by atoms with E-state index in [2.05, 4.69) is 20.8 Å². The van der Waals surface area contributed by atoms with Crippen LogP contribution in [0, 0.1) is 23.2 Å². The maximum absolute atomic E-state index is 6.50. The van der Waals surface area contributed by atoms with Crippen LogP contribution in [0.4, 0.5) is 0 Å². The zero-order chi connectivity index (χ0) is 13.2. The third-order valence-electron chi connectivity index (χ3n) is 5.28. The fraction of sp³-hybridized carbons (Fsp3) is 1.00. The van der Waals surface area contributed by atoms with Crippen LogP contribution in [0.15, 0.2) is 0 Å². The van der Waals surface area contributed by atoms with Gasteiger partial charge >= 0.3 is 0 Å². The molecular weight excluding hydrogens is 222 g/mol. The minimum atomic E-state index is 0.381. The lowest BCUT2D eigenvalue weighted by Gasteiger charge is -2.41. The molecule has 18 heavy (non-hydrogen) atoms. The monoisotopic (exact) mass is 253 g/mol. The average molecular weight is 253 g/mol. The van der Waals surface area contributed by atoms with Crippen molar-refractivity contribution in [1.29, 1.82) is 0 Å². The zero-order valence-electron chi connectivity index (χ0n) is 12.5. The summed E-state index contributed by atoms with van der Waals surface area (Å²) in [6.45, 7) is 8.99. The van der Waals surface area contributed by atoms with Gasteiger partial charge in [-0.2, -0.15) is 0 Å². The number of hydrogen-bond acceptors (Lipinski definition) is 2. The highest BCUT2D eigenvalue weighted by molar-refractivity contribution is 4.87. The summed E-state index contributed by atoms with van der Waals surface area (Å²) in [5.74, 6) is 2.26. The summed E-state index contributed by atoms with van der Waals surface area (Å²) in [4.78, 5) is 0. The Morgan fingerprint density at radius 3 is 2.17 bits per heavy atom. The minimum absolute atomic E-state index is 0.381. The molecule has 2 fully saturated rings. The van der Waals surface area contributed by atoms with Gasteiger partial charge in [0, 0.05) is 12.6 Å². The van der Waals surface area contributed by atoms with Crippen molar-refractivity contribution in [3.63, 3.8) is 0 Å². The van der Waals surface area contributed by atoms with E-state index in [-0.39, 0.29) is 0 Å². The molecule has 1 aliphatic heterocycles. The van der Waals surface area contributed by atoms with Crippen molar-refractivity contribution in [3.8, 4) is 0 Å². The lowest BCUT2D eigenvalue weighted by molar-refractivity contribution is 0.0274. The molecule has 106 valence electrons. The topological polar surface area (TPSA) is 35.2 Å². The molecule has 0 amide bonds. The van der Waals surface area contributed by atoms with Crippen molar-refractivity contribution in [1.82, 2.24) is 0 Å². The molecule has 2 N–H and O–H groups in total. The van der Waals surface area contributed by atoms with Gasteiger partial charge in [0.2, 0.25) is 0 Å². The molecule has 2 atom stereocenters. The molecule has 2 nitrogen and oxygen atoms in total. The van der Waals surface area contributed by atoms with Crippen LogP contribution in [0.5, 0.6) is 0 Å². The summed E-state index contributed by atoms with van der Waals surface area (Å²) < 4.78 is 5.59. The van der Waals surface area contributed by atoms with Gasteiger partial charge in [-0.3, -0.25) is 0 Å². The largest absolute Gasteiger partial charge is 0.381 e. The average Bonchev–Trinajstić information content (AvgIpc) is 2.38. The van der Waals surface area contributed by atoms with Gasteiger partial charge in [0.15, 0.2) is 0 Å². The molecule has 1 heterocycles. The van der Waals surface area contributed by atoms with Gasteiger partial charge in [0.05, 0.1) is 6.61 Å². The first-order valence-corrected chi connectivity index (χ1v) is 7.82. The van der Waals surface area contributed by atoms with Crippen LogP contribution in [-0.4, -0.2) is 19.3 Å². The molecule has 1 saturated heterocycles. The van der Waals surface area contributed by atoms with E-state index in [0.717, 1.165) is 25.0 Å². The number of ether oxygens (including phenoxy) is 1. The number of hydrogen-bond donors (Lipinski definition) is 1. The first-order chi connectivity index (χ1) is 8.48. The zero-order valence-corrected chi connectivity index (χ0v) is 12.5. The Bertz CT molecular complexity index is 244. The van der Waals surface area contributed by atoms with Gasteiger partial charge in [-0.15, -0.1) is 0 Å². The Labute approximate surface area is 113 Å². The third kappa shape index (κ3) is 3.48. The van der Waals surface area contributed by atoms with Crippen molar-refractivity contribution >= 4 is 0 Å². The second-order valence-electron chi connectivity index (χ2n) is 7.53. The van der Waals surface area contributed by atoms with Gasteiger partial charge in [-0.25, -0.2) is 0 Å². The van der Waals surface area contributed by atoms with E-state index >= 15 is 0 Å². The highest BCUT2D eigenvalue weighted by atomic mass is 16.5. The summed E-state index contributed by atoms with van der Waals surface area (Å²) in [5.41, 5.74) is 6.97. The molecule has 0 aromatic rings. The number of nitrogens with two attached hydrogens (primary N) is 1. The lowest BCUT2D eigenvalue weighted by atomic mass is 9.67. The molecule has 2 aliphatic rings. The molecule has 1 saturated carbocycles. The van der Waals surface area contributed by atoms with Crippen molar-refractivity contribution in [3.05, 3.63) is 0 Å². The van der Waals surface area contributed by atoms with Crippen molar-refractivity contribution in [2.75, 3.05) is 13.2 Å². The van der Waals surface area contributed by atoms with Gasteiger partial charge in [-0.05, 0) is 61.7 Å². The van der Waals surface area contributed by atoms with Crippen LogP contribution in [0.2, 0.25) is 0 Å². The molecule has 0 bridgehead atoms. The lowest BCUT2D eigenvalue weighted by Crippen LogP contribution is -2.43. The second-order valence-corrected chi connectivity index (χ2v) is 7.53. The highest BCUT2D eigenvalue weighted by Crippen LogP contribution is 2.41.